The summed E-state index contributed by atoms with van der Waals surface area (Å²) in [4.78, 5) is 19.1. The summed E-state index contributed by atoms with van der Waals surface area (Å²) in [7, 11) is 1.93. The number of hydrogen-bond acceptors (Lipinski definition) is 5. The van der Waals surface area contributed by atoms with E-state index in [1.807, 2.05) is 24.1 Å². The smallest absolute Gasteiger partial charge is 0.348 e. The quantitative estimate of drug-likeness (QED) is 0.524. The van der Waals surface area contributed by atoms with E-state index in [0.717, 1.165) is 30.1 Å². The maximum atomic E-state index is 13.5. The second-order valence-electron chi connectivity index (χ2n) is 8.15. The van der Waals surface area contributed by atoms with Gasteiger partial charge in [-0.05, 0) is 53.2 Å². The van der Waals surface area contributed by atoms with Crippen molar-refractivity contribution >= 4 is 51.4 Å². The van der Waals surface area contributed by atoms with E-state index in [4.69, 9.17) is 11.6 Å². The molecule has 5 rings (SSSR count). The minimum atomic E-state index is -4.52. The summed E-state index contributed by atoms with van der Waals surface area (Å²) >= 11 is 7.12. The lowest BCUT2D eigenvalue weighted by atomic mass is 10.1. The van der Waals surface area contributed by atoms with Gasteiger partial charge in [0.15, 0.2) is 5.17 Å². The Morgan fingerprint density at radius 1 is 1.26 bits per heavy atom. The van der Waals surface area contributed by atoms with Gasteiger partial charge in [0.25, 0.3) is 5.91 Å². The number of carbonyl (C=O) groups excluding carboxylic acids is 1. The van der Waals surface area contributed by atoms with Crippen molar-refractivity contribution in [3.8, 4) is 0 Å². The van der Waals surface area contributed by atoms with E-state index in [0.29, 0.717) is 21.6 Å². The Morgan fingerprint density at radius 3 is 2.76 bits per heavy atom. The van der Waals surface area contributed by atoms with Gasteiger partial charge in [-0.3, -0.25) is 9.48 Å². The number of amidine groups is 1. The molecule has 0 unspecified atom stereocenters. The van der Waals surface area contributed by atoms with E-state index in [1.54, 1.807) is 18.3 Å². The summed E-state index contributed by atoms with van der Waals surface area (Å²) in [5.41, 5.74) is 0.774. The average Bonchev–Trinajstić information content (AvgIpc) is 3.30. The van der Waals surface area contributed by atoms with E-state index in [2.05, 4.69) is 15.4 Å². The molecule has 2 aliphatic heterocycles. The van der Waals surface area contributed by atoms with Crippen LogP contribution in [0.15, 0.2) is 52.5 Å². The fourth-order valence-corrected chi connectivity index (χ4v) is 4.96. The lowest BCUT2D eigenvalue weighted by molar-refractivity contribution is -0.138. The normalized spacial score (nSPS) is 18.0. The molecule has 1 fully saturated rings. The number of benzene rings is 2. The third-order valence-corrected chi connectivity index (χ3v) is 7.19. The van der Waals surface area contributed by atoms with Crippen LogP contribution in [0.2, 0.25) is 5.02 Å². The van der Waals surface area contributed by atoms with Crippen LogP contribution < -0.4 is 5.32 Å². The zero-order valence-electron chi connectivity index (χ0n) is 17.9. The van der Waals surface area contributed by atoms with Crippen LogP contribution in [0.5, 0.6) is 0 Å². The molecule has 2 aromatic carbocycles. The maximum Gasteiger partial charge on any atom is 0.416 e. The Bertz CT molecular complexity index is 1350. The number of likely N-dealkylation sites (N-methyl/N-ethyl adjacent to an activating group) is 1. The summed E-state index contributed by atoms with van der Waals surface area (Å²) in [6.07, 6.45) is -1.14. The third kappa shape index (κ3) is 4.45. The van der Waals surface area contributed by atoms with Crippen molar-refractivity contribution in [3.63, 3.8) is 0 Å². The van der Waals surface area contributed by atoms with E-state index in [9.17, 15) is 18.0 Å². The van der Waals surface area contributed by atoms with Gasteiger partial charge in [0, 0.05) is 30.5 Å². The van der Waals surface area contributed by atoms with Crippen molar-refractivity contribution in [2.75, 3.05) is 20.1 Å². The second-order valence-corrected chi connectivity index (χ2v) is 9.60. The molecular formula is C23H19ClF3N5OS. The van der Waals surface area contributed by atoms with E-state index >= 15 is 0 Å². The largest absolute Gasteiger partial charge is 0.416 e. The van der Waals surface area contributed by atoms with Crippen molar-refractivity contribution in [2.24, 2.45) is 4.99 Å². The standard InChI is InChI=1S/C23H19ClF3N5OS/c1-31(17-10-28-11-17)22-30-21(33)20(34-22)7-13-2-5-19-15(6-13)9-29-32(19)12-14-3-4-16(24)8-18(14)23(25,26)27/h2-9,17,28H,10-12H2,1H3/b20-7-. The van der Waals surface area contributed by atoms with Gasteiger partial charge in [0.2, 0.25) is 0 Å². The Kier molecular flexibility index (Phi) is 5.91. The summed E-state index contributed by atoms with van der Waals surface area (Å²) in [6, 6.07) is 9.52. The molecule has 0 spiro atoms. The van der Waals surface area contributed by atoms with Crippen molar-refractivity contribution in [1.29, 1.82) is 0 Å². The number of alkyl halides is 3. The molecule has 0 radical (unpaired) electrons. The summed E-state index contributed by atoms with van der Waals surface area (Å²) in [5, 5.41) is 8.95. The van der Waals surface area contributed by atoms with Crippen molar-refractivity contribution < 1.29 is 18.0 Å². The highest BCUT2D eigenvalue weighted by molar-refractivity contribution is 8.18. The Labute approximate surface area is 202 Å². The molecule has 34 heavy (non-hydrogen) atoms. The molecule has 6 nitrogen and oxygen atoms in total. The Balaban J connectivity index is 1.37. The predicted octanol–water partition coefficient (Wildman–Crippen LogP) is 4.63. The number of nitrogens with one attached hydrogen (secondary N) is 1. The molecule has 2 aliphatic rings. The fourth-order valence-electron chi connectivity index (χ4n) is 3.84. The van der Waals surface area contributed by atoms with Crippen LogP contribution in [0, 0.1) is 0 Å². The molecular weight excluding hydrogens is 487 g/mol. The summed E-state index contributed by atoms with van der Waals surface area (Å²) in [5.74, 6) is -0.280. The highest BCUT2D eigenvalue weighted by Crippen LogP contribution is 2.35. The zero-order chi connectivity index (χ0) is 24.0. The lowest BCUT2D eigenvalue weighted by Crippen LogP contribution is -2.56. The van der Waals surface area contributed by atoms with Crippen LogP contribution in [0.1, 0.15) is 16.7 Å². The van der Waals surface area contributed by atoms with Gasteiger partial charge in [-0.15, -0.1) is 0 Å². The minimum absolute atomic E-state index is 0.0288. The third-order valence-electron chi connectivity index (χ3n) is 5.88. The van der Waals surface area contributed by atoms with Gasteiger partial charge < -0.3 is 10.2 Å². The molecule has 0 bridgehead atoms. The van der Waals surface area contributed by atoms with Gasteiger partial charge in [0.05, 0.1) is 34.8 Å². The molecule has 3 aromatic rings. The zero-order valence-corrected chi connectivity index (χ0v) is 19.5. The van der Waals surface area contributed by atoms with Crippen LogP contribution >= 0.6 is 23.4 Å². The number of aromatic nitrogens is 2. The molecule has 3 heterocycles. The molecule has 0 aliphatic carbocycles. The molecule has 1 N–H and O–H groups in total. The first-order chi connectivity index (χ1) is 16.2. The molecule has 11 heteroatoms. The first-order valence-corrected chi connectivity index (χ1v) is 11.7. The van der Waals surface area contributed by atoms with Gasteiger partial charge in [0.1, 0.15) is 0 Å². The highest BCUT2D eigenvalue weighted by Gasteiger charge is 2.34. The minimum Gasteiger partial charge on any atom is -0.348 e. The van der Waals surface area contributed by atoms with Crippen molar-refractivity contribution in [2.45, 2.75) is 18.8 Å². The molecule has 1 amide bonds. The molecule has 0 atom stereocenters. The number of halogens is 4. The van der Waals surface area contributed by atoms with Gasteiger partial charge >= 0.3 is 6.18 Å². The maximum absolute atomic E-state index is 13.5. The summed E-state index contributed by atoms with van der Waals surface area (Å²) < 4.78 is 41.9. The number of carbonyl (C=O) groups is 1. The molecule has 176 valence electrons. The van der Waals surface area contributed by atoms with Crippen LogP contribution in [0.25, 0.3) is 17.0 Å². The highest BCUT2D eigenvalue weighted by atomic mass is 35.5. The average molecular weight is 506 g/mol. The number of nitrogens with zero attached hydrogens (tertiary/aromatic N) is 4. The van der Waals surface area contributed by atoms with Crippen LogP contribution in [0.4, 0.5) is 13.2 Å². The van der Waals surface area contributed by atoms with Gasteiger partial charge in [-0.1, -0.05) is 23.7 Å². The summed E-state index contributed by atoms with van der Waals surface area (Å²) in [6.45, 7) is 1.68. The van der Waals surface area contributed by atoms with Crippen LogP contribution in [0.3, 0.4) is 0 Å². The van der Waals surface area contributed by atoms with Gasteiger partial charge in [-0.2, -0.15) is 23.3 Å². The lowest BCUT2D eigenvalue weighted by Gasteiger charge is -2.36. The van der Waals surface area contributed by atoms with E-state index in [1.165, 1.54) is 28.6 Å². The first kappa shape index (κ1) is 22.9. The topological polar surface area (TPSA) is 62.5 Å². The van der Waals surface area contributed by atoms with Crippen molar-refractivity contribution in [3.05, 3.63) is 69.2 Å². The number of hydrogen-bond donors (Lipinski definition) is 1. The fraction of sp³-hybridized carbons (Fsp3) is 0.261. The van der Waals surface area contributed by atoms with Crippen molar-refractivity contribution in [1.82, 2.24) is 20.0 Å². The predicted molar refractivity (Wildman–Crippen MR) is 128 cm³/mol. The van der Waals surface area contributed by atoms with E-state index in [-0.39, 0.29) is 23.0 Å². The first-order valence-electron chi connectivity index (χ1n) is 10.5. The molecule has 1 aromatic heterocycles. The number of thioether (sulfide) groups is 1. The number of rotatable bonds is 4. The Morgan fingerprint density at radius 2 is 2.06 bits per heavy atom. The number of amides is 1. The molecule has 0 saturated carbocycles. The van der Waals surface area contributed by atoms with Gasteiger partial charge in [-0.25, -0.2) is 0 Å². The van der Waals surface area contributed by atoms with Crippen LogP contribution in [-0.4, -0.2) is 51.9 Å². The Hall–Kier alpha value is -2.82. The SMILES string of the molecule is CN(C1=NC(=O)/C(=C/c2ccc3c(cnn3Cc3ccc(Cl)cc3C(F)(F)F)c2)S1)C1CNC1. The number of fused-ring (bicyclic) bond motifs is 1. The van der Waals surface area contributed by atoms with E-state index < -0.39 is 11.7 Å². The van der Waals surface area contributed by atoms with Crippen LogP contribution in [-0.2, 0) is 17.5 Å². The molecule has 1 saturated heterocycles. The monoisotopic (exact) mass is 505 g/mol. The second kappa shape index (κ2) is 8.75. The number of aliphatic imine (C=N–C) groups is 1.